The quantitative estimate of drug-likeness (QED) is 0.777. The second-order valence-corrected chi connectivity index (χ2v) is 6.86. The van der Waals surface area contributed by atoms with Crippen LogP contribution in [0, 0.1) is 5.92 Å². The maximum Gasteiger partial charge on any atom is 0.272 e. The smallest absolute Gasteiger partial charge is 0.272 e. The Morgan fingerprint density at radius 3 is 3.04 bits per heavy atom. The molecule has 2 aliphatic heterocycles. The van der Waals surface area contributed by atoms with Crippen LogP contribution in [0.15, 0.2) is 30.3 Å². The third-order valence-electron chi connectivity index (χ3n) is 5.12. The molecule has 0 spiro atoms. The van der Waals surface area contributed by atoms with Gasteiger partial charge in [0.05, 0.1) is 6.04 Å². The molecule has 2 unspecified atom stereocenters. The van der Waals surface area contributed by atoms with Crippen molar-refractivity contribution in [3.63, 3.8) is 0 Å². The first kappa shape index (κ1) is 16.3. The Morgan fingerprint density at radius 2 is 2.24 bits per heavy atom. The lowest BCUT2D eigenvalue weighted by molar-refractivity contribution is 0.0922. The molecule has 3 N–H and O–H groups in total. The zero-order valence-electron chi connectivity index (χ0n) is 14.3. The molecule has 6 heteroatoms. The van der Waals surface area contributed by atoms with Crippen LogP contribution in [0.3, 0.4) is 0 Å². The number of aromatic amines is 1. The average molecular weight is 340 g/mol. The number of carbonyl (C=O) groups excluding carboxylic acids is 1. The summed E-state index contributed by atoms with van der Waals surface area (Å²) < 4.78 is 5.51. The number of carbonyl (C=O) groups is 1. The number of nitrogens with one attached hydrogen (secondary N) is 3. The fourth-order valence-electron chi connectivity index (χ4n) is 3.71. The minimum absolute atomic E-state index is 0.0238. The Morgan fingerprint density at radius 1 is 1.36 bits per heavy atom. The molecule has 0 bridgehead atoms. The van der Waals surface area contributed by atoms with Crippen molar-refractivity contribution < 1.29 is 9.53 Å². The molecule has 132 valence electrons. The molecule has 2 aliphatic rings. The molecule has 1 saturated heterocycles. The highest BCUT2D eigenvalue weighted by atomic mass is 16.5. The maximum atomic E-state index is 12.9. The Labute approximate surface area is 147 Å². The van der Waals surface area contributed by atoms with Gasteiger partial charge in [0.2, 0.25) is 0 Å². The predicted octanol–water partition coefficient (Wildman–Crippen LogP) is 1.95. The lowest BCUT2D eigenvalue weighted by Crippen LogP contribution is -2.32. The first-order valence-electron chi connectivity index (χ1n) is 9.01. The van der Waals surface area contributed by atoms with Crippen LogP contribution in [-0.2, 0) is 17.7 Å². The van der Waals surface area contributed by atoms with E-state index in [1.54, 1.807) is 0 Å². The van der Waals surface area contributed by atoms with Crippen LogP contribution in [0.2, 0.25) is 0 Å². The topological polar surface area (TPSA) is 79.0 Å². The van der Waals surface area contributed by atoms with Crippen molar-refractivity contribution >= 4 is 5.91 Å². The molecule has 4 rings (SSSR count). The van der Waals surface area contributed by atoms with E-state index in [9.17, 15) is 4.79 Å². The first-order chi connectivity index (χ1) is 12.3. The number of aromatic nitrogens is 2. The largest absolute Gasteiger partial charge is 0.381 e. The van der Waals surface area contributed by atoms with E-state index in [2.05, 4.69) is 33.0 Å². The van der Waals surface area contributed by atoms with Crippen LogP contribution in [-0.4, -0.2) is 35.9 Å². The number of hydrogen-bond acceptors (Lipinski definition) is 4. The summed E-state index contributed by atoms with van der Waals surface area (Å²) in [4.78, 5) is 12.9. The molecule has 0 aliphatic carbocycles. The van der Waals surface area contributed by atoms with Gasteiger partial charge in [0.15, 0.2) is 5.69 Å². The number of ether oxygens (including phenoxy) is 1. The number of nitrogens with zero attached hydrogens (tertiary/aromatic N) is 1. The molecule has 25 heavy (non-hydrogen) atoms. The Balaban J connectivity index is 1.53. The molecule has 2 atom stereocenters. The van der Waals surface area contributed by atoms with E-state index in [4.69, 9.17) is 4.74 Å². The average Bonchev–Trinajstić information content (AvgIpc) is 3.31. The van der Waals surface area contributed by atoms with Crippen LogP contribution in [0.25, 0.3) is 0 Å². The van der Waals surface area contributed by atoms with Gasteiger partial charge in [-0.1, -0.05) is 30.3 Å². The molecule has 3 heterocycles. The normalized spacial score (nSPS) is 20.9. The molecule has 2 aromatic rings. The third-order valence-corrected chi connectivity index (χ3v) is 5.12. The number of H-pyrrole nitrogens is 1. The van der Waals surface area contributed by atoms with Crippen molar-refractivity contribution in [3.05, 3.63) is 52.8 Å². The molecular weight excluding hydrogens is 316 g/mol. The van der Waals surface area contributed by atoms with Gasteiger partial charge in [-0.15, -0.1) is 0 Å². The zero-order valence-corrected chi connectivity index (χ0v) is 14.3. The van der Waals surface area contributed by atoms with Gasteiger partial charge in [-0.05, 0) is 24.3 Å². The van der Waals surface area contributed by atoms with Crippen molar-refractivity contribution in [1.29, 1.82) is 0 Å². The van der Waals surface area contributed by atoms with Crippen LogP contribution >= 0.6 is 0 Å². The van der Waals surface area contributed by atoms with Crippen molar-refractivity contribution in [2.45, 2.75) is 31.8 Å². The van der Waals surface area contributed by atoms with E-state index in [0.29, 0.717) is 18.2 Å². The number of fused-ring (bicyclic) bond motifs is 1. The lowest BCUT2D eigenvalue weighted by atomic mass is 9.94. The Kier molecular flexibility index (Phi) is 4.81. The first-order valence-corrected chi connectivity index (χ1v) is 9.01. The summed E-state index contributed by atoms with van der Waals surface area (Å²) in [5, 5.41) is 13.8. The summed E-state index contributed by atoms with van der Waals surface area (Å²) in [6.07, 6.45) is 2.83. The number of amides is 1. The molecule has 1 fully saturated rings. The van der Waals surface area contributed by atoms with Crippen LogP contribution in [0.5, 0.6) is 0 Å². The SMILES string of the molecule is O=C(NC(CC1CCOC1)c1ccccc1)c1n[nH]c2c1CNCC2. The molecule has 1 aromatic carbocycles. The summed E-state index contributed by atoms with van der Waals surface area (Å²) in [6, 6.07) is 10.1. The maximum absolute atomic E-state index is 12.9. The fourth-order valence-corrected chi connectivity index (χ4v) is 3.71. The molecule has 6 nitrogen and oxygen atoms in total. The summed E-state index contributed by atoms with van der Waals surface area (Å²) in [7, 11) is 0. The second-order valence-electron chi connectivity index (χ2n) is 6.86. The Hall–Kier alpha value is -2.18. The van der Waals surface area contributed by atoms with Crippen LogP contribution in [0.1, 0.15) is 46.2 Å². The van der Waals surface area contributed by atoms with Crippen molar-refractivity contribution in [1.82, 2.24) is 20.8 Å². The van der Waals surface area contributed by atoms with E-state index >= 15 is 0 Å². The minimum Gasteiger partial charge on any atom is -0.381 e. The van der Waals surface area contributed by atoms with Crippen molar-refractivity contribution in [2.75, 3.05) is 19.8 Å². The van der Waals surface area contributed by atoms with Gasteiger partial charge in [0, 0.05) is 44.0 Å². The monoisotopic (exact) mass is 340 g/mol. The highest BCUT2D eigenvalue weighted by Gasteiger charge is 2.26. The van der Waals surface area contributed by atoms with Gasteiger partial charge >= 0.3 is 0 Å². The molecule has 1 amide bonds. The van der Waals surface area contributed by atoms with Gasteiger partial charge in [0.1, 0.15) is 0 Å². The summed E-state index contributed by atoms with van der Waals surface area (Å²) in [6.45, 7) is 3.21. The number of benzene rings is 1. The molecule has 0 radical (unpaired) electrons. The van der Waals surface area contributed by atoms with Gasteiger partial charge in [0.25, 0.3) is 5.91 Å². The fraction of sp³-hybridized carbons (Fsp3) is 0.474. The van der Waals surface area contributed by atoms with Gasteiger partial charge in [-0.2, -0.15) is 5.10 Å². The summed E-state index contributed by atoms with van der Waals surface area (Å²) in [5.74, 6) is 0.384. The molecule has 1 aromatic heterocycles. The van der Waals surface area contributed by atoms with E-state index in [-0.39, 0.29) is 11.9 Å². The van der Waals surface area contributed by atoms with E-state index < -0.39 is 0 Å². The predicted molar refractivity (Wildman–Crippen MR) is 94.2 cm³/mol. The van der Waals surface area contributed by atoms with Crippen LogP contribution in [0.4, 0.5) is 0 Å². The van der Waals surface area contributed by atoms with Gasteiger partial charge in [-0.25, -0.2) is 0 Å². The number of rotatable bonds is 5. The standard InChI is InChI=1S/C19H24N4O2/c24-19(18-15-11-20-8-6-16(15)22-23-18)21-17(10-13-7-9-25-12-13)14-4-2-1-3-5-14/h1-5,13,17,20H,6-12H2,(H,21,24)(H,22,23). The van der Waals surface area contributed by atoms with Gasteiger partial charge in [-0.3, -0.25) is 9.89 Å². The van der Waals surface area contributed by atoms with Gasteiger partial charge < -0.3 is 15.4 Å². The van der Waals surface area contributed by atoms with Crippen molar-refractivity contribution in [3.8, 4) is 0 Å². The molecule has 0 saturated carbocycles. The van der Waals surface area contributed by atoms with Crippen molar-refractivity contribution in [2.24, 2.45) is 5.92 Å². The highest BCUT2D eigenvalue weighted by molar-refractivity contribution is 5.94. The molecular formula is C19H24N4O2. The highest BCUT2D eigenvalue weighted by Crippen LogP contribution is 2.27. The lowest BCUT2D eigenvalue weighted by Gasteiger charge is -2.22. The third kappa shape index (κ3) is 3.60. The van der Waals surface area contributed by atoms with E-state index in [0.717, 1.165) is 55.8 Å². The number of hydrogen-bond donors (Lipinski definition) is 3. The Bertz CT molecular complexity index is 722. The summed E-state index contributed by atoms with van der Waals surface area (Å²) >= 11 is 0. The summed E-state index contributed by atoms with van der Waals surface area (Å²) in [5.41, 5.74) is 3.72. The minimum atomic E-state index is -0.103. The van der Waals surface area contributed by atoms with E-state index in [1.807, 2.05) is 18.2 Å². The van der Waals surface area contributed by atoms with Crippen LogP contribution < -0.4 is 10.6 Å². The van der Waals surface area contributed by atoms with E-state index in [1.165, 1.54) is 0 Å². The zero-order chi connectivity index (χ0) is 17.1. The second kappa shape index (κ2) is 7.37.